The van der Waals surface area contributed by atoms with E-state index in [4.69, 9.17) is 0 Å². The first-order valence-electron chi connectivity index (χ1n) is 5.70. The van der Waals surface area contributed by atoms with Gasteiger partial charge in [0.2, 0.25) is 0 Å². The summed E-state index contributed by atoms with van der Waals surface area (Å²) in [5, 5.41) is 0.103. The summed E-state index contributed by atoms with van der Waals surface area (Å²) in [5.41, 5.74) is -2.41. The summed E-state index contributed by atoms with van der Waals surface area (Å²) in [5.74, 6) is 0. The highest BCUT2D eigenvalue weighted by atomic mass is 16.2. The largest absolute Gasteiger partial charge is 0.268 e. The molecule has 0 aliphatic carbocycles. The highest BCUT2D eigenvalue weighted by Gasteiger charge is 2.20. The SMILES string of the molecule is C=Cn1c(=O)c2ccc3c(=O)n(C=C)c(=O)c3c2c1=O. The summed E-state index contributed by atoms with van der Waals surface area (Å²) in [4.78, 5) is 48.3. The van der Waals surface area contributed by atoms with Gasteiger partial charge in [0.15, 0.2) is 0 Å². The van der Waals surface area contributed by atoms with Crippen LogP contribution in [0.5, 0.6) is 0 Å². The van der Waals surface area contributed by atoms with Crippen LogP contribution >= 0.6 is 0 Å². The summed E-state index contributed by atoms with van der Waals surface area (Å²) < 4.78 is 1.64. The van der Waals surface area contributed by atoms with Crippen molar-refractivity contribution in [3.05, 3.63) is 66.7 Å². The summed E-state index contributed by atoms with van der Waals surface area (Å²) in [6.45, 7) is 6.78. The van der Waals surface area contributed by atoms with Crippen LogP contribution in [0.3, 0.4) is 0 Å². The van der Waals surface area contributed by atoms with Gasteiger partial charge in [-0.15, -0.1) is 0 Å². The van der Waals surface area contributed by atoms with Gasteiger partial charge in [0.1, 0.15) is 0 Å². The number of nitrogens with zero attached hydrogens (tertiary/aromatic N) is 2. The van der Waals surface area contributed by atoms with Crippen LogP contribution in [0.2, 0.25) is 0 Å². The van der Waals surface area contributed by atoms with Crippen molar-refractivity contribution < 1.29 is 0 Å². The first-order valence-corrected chi connectivity index (χ1v) is 5.70. The molecule has 0 fully saturated rings. The second-order valence-electron chi connectivity index (χ2n) is 4.24. The van der Waals surface area contributed by atoms with Crippen molar-refractivity contribution in [3.63, 3.8) is 0 Å². The van der Waals surface area contributed by atoms with Crippen LogP contribution in [0.15, 0.2) is 44.5 Å². The molecule has 0 amide bonds. The quantitative estimate of drug-likeness (QED) is 0.661. The fourth-order valence-electron chi connectivity index (χ4n) is 2.42. The third-order valence-electron chi connectivity index (χ3n) is 3.33. The van der Waals surface area contributed by atoms with E-state index < -0.39 is 22.2 Å². The van der Waals surface area contributed by atoms with E-state index in [-0.39, 0.29) is 21.5 Å². The fraction of sp³-hybridized carbons (Fsp3) is 0. The Morgan fingerprint density at radius 3 is 1.35 bits per heavy atom. The Kier molecular flexibility index (Phi) is 2.25. The van der Waals surface area contributed by atoms with E-state index in [1.165, 1.54) is 12.1 Å². The molecular formula is C14H8N2O4. The van der Waals surface area contributed by atoms with Crippen LogP contribution in [-0.2, 0) is 0 Å². The van der Waals surface area contributed by atoms with Crippen molar-refractivity contribution >= 4 is 33.9 Å². The average molecular weight is 268 g/mol. The monoisotopic (exact) mass is 268 g/mol. The maximum Gasteiger partial charge on any atom is 0.266 e. The lowest BCUT2D eigenvalue weighted by Crippen LogP contribution is -2.21. The van der Waals surface area contributed by atoms with Gasteiger partial charge in [-0.3, -0.25) is 19.2 Å². The van der Waals surface area contributed by atoms with Gasteiger partial charge in [0, 0.05) is 12.4 Å². The zero-order valence-electron chi connectivity index (χ0n) is 10.3. The van der Waals surface area contributed by atoms with E-state index in [1.807, 2.05) is 0 Å². The summed E-state index contributed by atoms with van der Waals surface area (Å²) in [6, 6.07) is 2.74. The zero-order valence-corrected chi connectivity index (χ0v) is 10.3. The smallest absolute Gasteiger partial charge is 0.266 e. The standard InChI is InChI=1S/C14H8N2O4/c1-3-15-11(17)7-5-6-8-10(9(7)13(15)19)14(20)16(4-2)12(8)18/h3-6H,1-2H2. The number of hydrogen-bond donors (Lipinski definition) is 0. The molecule has 2 aromatic heterocycles. The predicted octanol–water partition coefficient (Wildman–Crippen LogP) is 0.113. The van der Waals surface area contributed by atoms with Crippen molar-refractivity contribution in [2.45, 2.75) is 0 Å². The molecule has 98 valence electrons. The van der Waals surface area contributed by atoms with Crippen molar-refractivity contribution in [1.82, 2.24) is 9.13 Å². The molecule has 1 aromatic carbocycles. The predicted molar refractivity (Wildman–Crippen MR) is 77.7 cm³/mol. The minimum Gasteiger partial charge on any atom is -0.268 e. The molecule has 0 aliphatic heterocycles. The lowest BCUT2D eigenvalue weighted by Gasteiger charge is -1.87. The third kappa shape index (κ3) is 1.17. The van der Waals surface area contributed by atoms with Crippen molar-refractivity contribution in [2.75, 3.05) is 0 Å². The van der Waals surface area contributed by atoms with Crippen LogP contribution in [0.1, 0.15) is 0 Å². The molecule has 0 radical (unpaired) electrons. The summed E-state index contributed by atoms with van der Waals surface area (Å²) in [7, 11) is 0. The van der Waals surface area contributed by atoms with Crippen molar-refractivity contribution in [2.24, 2.45) is 0 Å². The van der Waals surface area contributed by atoms with Crippen molar-refractivity contribution in [1.29, 1.82) is 0 Å². The number of rotatable bonds is 2. The van der Waals surface area contributed by atoms with Gasteiger partial charge in [-0.25, -0.2) is 9.13 Å². The minimum atomic E-state index is -0.649. The molecule has 2 heterocycles. The second kappa shape index (κ2) is 3.74. The molecule has 0 bridgehead atoms. The normalized spacial score (nSPS) is 11.2. The molecular weight excluding hydrogens is 260 g/mol. The lowest BCUT2D eigenvalue weighted by molar-refractivity contribution is 1.06. The van der Waals surface area contributed by atoms with E-state index in [0.717, 1.165) is 21.5 Å². The van der Waals surface area contributed by atoms with E-state index in [1.54, 1.807) is 0 Å². The van der Waals surface area contributed by atoms with Gasteiger partial charge in [-0.05, 0) is 12.1 Å². The van der Waals surface area contributed by atoms with Gasteiger partial charge in [0.25, 0.3) is 22.2 Å². The van der Waals surface area contributed by atoms with Crippen LogP contribution in [-0.4, -0.2) is 9.13 Å². The topological polar surface area (TPSA) is 78.1 Å². The molecule has 0 N–H and O–H groups in total. The van der Waals surface area contributed by atoms with Crippen LogP contribution in [0, 0.1) is 0 Å². The molecule has 0 saturated carbocycles. The van der Waals surface area contributed by atoms with Crippen LogP contribution in [0.4, 0.5) is 0 Å². The van der Waals surface area contributed by atoms with Gasteiger partial charge in [-0.2, -0.15) is 0 Å². The Labute approximate surface area is 110 Å². The lowest BCUT2D eigenvalue weighted by atomic mass is 10.1. The maximum atomic E-state index is 12.2. The molecule has 0 atom stereocenters. The van der Waals surface area contributed by atoms with Gasteiger partial charge >= 0.3 is 0 Å². The summed E-state index contributed by atoms with van der Waals surface area (Å²) in [6.07, 6.45) is 2.17. The Balaban J connectivity index is 2.83. The molecule has 6 heteroatoms. The Bertz CT molecular complexity index is 1020. The third-order valence-corrected chi connectivity index (χ3v) is 3.33. The molecule has 20 heavy (non-hydrogen) atoms. The van der Waals surface area contributed by atoms with Gasteiger partial charge in [0.05, 0.1) is 21.5 Å². The van der Waals surface area contributed by atoms with Crippen LogP contribution in [0.25, 0.3) is 33.9 Å². The maximum absolute atomic E-state index is 12.2. The fourth-order valence-corrected chi connectivity index (χ4v) is 2.42. The number of aromatic nitrogens is 2. The molecule has 3 rings (SSSR count). The van der Waals surface area contributed by atoms with Crippen LogP contribution < -0.4 is 22.2 Å². The first-order chi connectivity index (χ1) is 9.52. The Morgan fingerprint density at radius 2 is 1.05 bits per heavy atom. The van der Waals surface area contributed by atoms with E-state index >= 15 is 0 Å². The zero-order chi connectivity index (χ0) is 14.6. The van der Waals surface area contributed by atoms with E-state index in [9.17, 15) is 19.2 Å². The second-order valence-corrected chi connectivity index (χ2v) is 4.24. The van der Waals surface area contributed by atoms with Crippen molar-refractivity contribution in [3.8, 4) is 0 Å². The highest BCUT2D eigenvalue weighted by Crippen LogP contribution is 2.16. The Hall–Kier alpha value is -3.02. The molecule has 0 aliphatic rings. The number of benzene rings is 1. The average Bonchev–Trinajstić information content (AvgIpc) is 2.83. The minimum absolute atomic E-state index is 0.0462. The number of hydrogen-bond acceptors (Lipinski definition) is 4. The van der Waals surface area contributed by atoms with Gasteiger partial charge in [-0.1, -0.05) is 13.2 Å². The molecule has 3 aromatic rings. The molecule has 0 saturated heterocycles. The van der Waals surface area contributed by atoms with E-state index in [0.29, 0.717) is 0 Å². The van der Waals surface area contributed by atoms with Gasteiger partial charge < -0.3 is 0 Å². The highest BCUT2D eigenvalue weighted by molar-refractivity contribution is 6.07. The van der Waals surface area contributed by atoms with E-state index in [2.05, 4.69) is 13.2 Å². The summed E-state index contributed by atoms with van der Waals surface area (Å²) >= 11 is 0. The molecule has 0 unspecified atom stereocenters. The first kappa shape index (κ1) is 12.0. The Morgan fingerprint density at radius 1 is 0.700 bits per heavy atom. The number of fused-ring (bicyclic) bond motifs is 3. The molecule has 6 nitrogen and oxygen atoms in total. The molecule has 0 spiro atoms.